The van der Waals surface area contributed by atoms with E-state index in [4.69, 9.17) is 17.0 Å². The van der Waals surface area contributed by atoms with Crippen molar-refractivity contribution in [2.24, 2.45) is 0 Å². The molecule has 0 atom stereocenters. The molecule has 356 valence electrons. The van der Waals surface area contributed by atoms with Crippen molar-refractivity contribution >= 4 is 48.1 Å². The zero-order valence-corrected chi connectivity index (χ0v) is 50.2. The maximum atomic E-state index is 4.93. The molecular formula is C63H82Cl2SiZr. The molecule has 4 heteroatoms. The molecule has 0 N–H and O–H groups in total. The Morgan fingerprint density at radius 2 is 0.910 bits per heavy atom. The van der Waals surface area contributed by atoms with Crippen molar-refractivity contribution in [2.75, 3.05) is 0 Å². The van der Waals surface area contributed by atoms with Crippen molar-refractivity contribution in [2.45, 2.75) is 178 Å². The molecule has 0 aliphatic heterocycles. The third-order valence-corrected chi connectivity index (χ3v) is 12.9. The van der Waals surface area contributed by atoms with E-state index in [1.165, 1.54) is 99.4 Å². The van der Waals surface area contributed by atoms with Crippen molar-refractivity contribution in [1.29, 1.82) is 0 Å². The van der Waals surface area contributed by atoms with Gasteiger partial charge in [-0.25, -0.2) is 0 Å². The quantitative estimate of drug-likeness (QED) is 0.122. The van der Waals surface area contributed by atoms with Crippen LogP contribution in [0.5, 0.6) is 0 Å². The van der Waals surface area contributed by atoms with Crippen molar-refractivity contribution < 1.29 is 20.8 Å². The molecule has 0 heterocycles. The van der Waals surface area contributed by atoms with E-state index >= 15 is 0 Å². The second-order valence-electron chi connectivity index (χ2n) is 24.1. The van der Waals surface area contributed by atoms with Gasteiger partial charge in [0.05, 0.1) is 0 Å². The average Bonchev–Trinajstić information content (AvgIpc) is 3.86. The molecule has 0 aliphatic rings. The van der Waals surface area contributed by atoms with Crippen LogP contribution in [0, 0.1) is 13.8 Å². The monoisotopic (exact) mass is 1030 g/mol. The second kappa shape index (κ2) is 22.4. The summed E-state index contributed by atoms with van der Waals surface area (Å²) in [5.74, 6) is 0.573. The van der Waals surface area contributed by atoms with E-state index in [-0.39, 0.29) is 27.1 Å². The van der Waals surface area contributed by atoms with Crippen LogP contribution in [0.1, 0.15) is 168 Å². The number of hydrogen-bond donors (Lipinski definition) is 0. The van der Waals surface area contributed by atoms with Gasteiger partial charge in [0, 0.05) is 9.52 Å². The van der Waals surface area contributed by atoms with Gasteiger partial charge in [-0.15, -0.1) is 63.0 Å². The van der Waals surface area contributed by atoms with Gasteiger partial charge in [-0.2, -0.15) is 6.07 Å². The van der Waals surface area contributed by atoms with Gasteiger partial charge in [-0.1, -0.05) is 226 Å². The Morgan fingerprint density at radius 3 is 1.33 bits per heavy atom. The van der Waals surface area contributed by atoms with Gasteiger partial charge in [0.25, 0.3) is 0 Å². The van der Waals surface area contributed by atoms with Crippen molar-refractivity contribution in [3.8, 4) is 33.4 Å². The summed E-state index contributed by atoms with van der Waals surface area (Å²) in [6.45, 7) is 48.2. The first kappa shape index (κ1) is 56.6. The Hall–Kier alpha value is -3.00. The molecule has 0 bridgehead atoms. The molecule has 67 heavy (non-hydrogen) atoms. The van der Waals surface area contributed by atoms with Gasteiger partial charge in [-0.3, -0.25) is 0 Å². The summed E-state index contributed by atoms with van der Waals surface area (Å²) in [4.78, 5) is 0. The fourth-order valence-corrected chi connectivity index (χ4v) is 9.51. The zero-order valence-electron chi connectivity index (χ0n) is 45.2. The predicted octanol–water partition coefficient (Wildman–Crippen LogP) is 20.5. The summed E-state index contributed by atoms with van der Waals surface area (Å²) in [6.07, 6.45) is 0. The topological polar surface area (TPSA) is 0 Å². The first-order valence-electron chi connectivity index (χ1n) is 24.2. The molecule has 7 aromatic carbocycles. The van der Waals surface area contributed by atoms with E-state index in [9.17, 15) is 0 Å². The number of benzene rings is 5. The van der Waals surface area contributed by atoms with Gasteiger partial charge in [-0.05, 0) is 91.3 Å². The summed E-state index contributed by atoms with van der Waals surface area (Å²) in [5, 5.41) is 5.37. The average molecular weight is 1030 g/mol. The maximum absolute atomic E-state index is 4.93. The molecule has 2 radical (unpaired) electrons. The minimum atomic E-state index is -0.826. The summed E-state index contributed by atoms with van der Waals surface area (Å²) >= 11 is -0.826. The molecule has 0 amide bonds. The SMILES string of the molecule is CC(C)c1cc2c(-c3ccc(C(C)(C)C)cc3)cccc2[cH-]1.C[Si]C.Cc1c(C(C)(C)C)cc(-c2cc3cccc(-c4cc(C(C)(C)C)c(C)c(C(C)(C)C)c4)c3[cH-]2)cc1C(C)(C)C.[Cl][Zr+2][Cl]. The standard InChI is InChI=1S/C39H51.C22H25.C2H6Si.2ClH.Zr/c1-24-32(36(3,4)5)20-28(21-33(24)37(6,7)8)27-18-26-16-15-17-30(31(26)19-27)29-22-34(38(9,10)11)25(2)35(23-29)39(12,13)14;1-15(2)18-13-17-7-6-8-20(21(17)14-18)16-9-11-19(12-10-16)22(3,4)5;1-3-2;;;/h15-23H,1-14H3;6-15H,1-5H3;1-2H3;2*1H;/q2*-1;;;;+4/p-2. The Morgan fingerprint density at radius 1 is 0.493 bits per heavy atom. The molecule has 0 spiro atoms. The molecule has 7 rings (SSSR count). The van der Waals surface area contributed by atoms with E-state index in [0.29, 0.717) is 5.92 Å². The molecule has 0 nitrogen and oxygen atoms in total. The molecule has 0 saturated carbocycles. The summed E-state index contributed by atoms with van der Waals surface area (Å²) < 4.78 is 0. The molecule has 0 saturated heterocycles. The van der Waals surface area contributed by atoms with Crippen LogP contribution in [-0.2, 0) is 47.9 Å². The van der Waals surface area contributed by atoms with Gasteiger partial charge in [0.15, 0.2) is 0 Å². The van der Waals surface area contributed by atoms with E-state index in [2.05, 4.69) is 254 Å². The third kappa shape index (κ3) is 14.1. The predicted molar refractivity (Wildman–Crippen MR) is 302 cm³/mol. The number of halogens is 2. The zero-order chi connectivity index (χ0) is 50.6. The van der Waals surface area contributed by atoms with Crippen LogP contribution in [-0.4, -0.2) is 9.52 Å². The van der Waals surface area contributed by atoms with Crippen molar-refractivity contribution in [3.63, 3.8) is 0 Å². The first-order chi connectivity index (χ1) is 30.9. The van der Waals surface area contributed by atoms with Crippen LogP contribution in [0.15, 0.2) is 109 Å². The number of fused-ring (bicyclic) bond motifs is 2. The molecule has 0 unspecified atom stereocenters. The van der Waals surface area contributed by atoms with E-state index in [1.807, 2.05) is 0 Å². The number of hydrogen-bond acceptors (Lipinski definition) is 0. The fourth-order valence-electron chi connectivity index (χ4n) is 9.51. The Kier molecular flexibility index (Phi) is 18.9. The van der Waals surface area contributed by atoms with Crippen LogP contribution >= 0.6 is 17.0 Å². The van der Waals surface area contributed by atoms with Gasteiger partial charge in [0.2, 0.25) is 0 Å². The van der Waals surface area contributed by atoms with E-state index < -0.39 is 20.8 Å². The van der Waals surface area contributed by atoms with Crippen LogP contribution in [0.2, 0.25) is 13.1 Å². The van der Waals surface area contributed by atoms with Crippen LogP contribution < -0.4 is 0 Å². The summed E-state index contributed by atoms with van der Waals surface area (Å²) in [7, 11) is 11.0. The fraction of sp³-hybridized carbons (Fsp3) is 0.429. The second-order valence-corrected chi connectivity index (χ2v) is 28.8. The van der Waals surface area contributed by atoms with Gasteiger partial charge >= 0.3 is 37.9 Å². The molecule has 0 fully saturated rings. The van der Waals surface area contributed by atoms with Gasteiger partial charge < -0.3 is 0 Å². The Bertz CT molecular complexity index is 2650. The summed E-state index contributed by atoms with van der Waals surface area (Å²) in [5.41, 5.74) is 19.9. The third-order valence-electron chi connectivity index (χ3n) is 12.9. The molecule has 0 aliphatic carbocycles. The van der Waals surface area contributed by atoms with Crippen LogP contribution in [0.3, 0.4) is 0 Å². The van der Waals surface area contributed by atoms with Crippen molar-refractivity contribution in [3.05, 3.63) is 154 Å². The van der Waals surface area contributed by atoms with Crippen LogP contribution in [0.4, 0.5) is 0 Å². The van der Waals surface area contributed by atoms with E-state index in [0.717, 1.165) is 9.52 Å². The normalized spacial score (nSPS) is 12.2. The Labute approximate surface area is 430 Å². The molecular weight excluding hydrogens is 947 g/mol. The molecule has 7 aromatic rings. The first-order valence-corrected chi connectivity index (χ1v) is 32.6. The molecule has 0 aromatic heterocycles. The van der Waals surface area contributed by atoms with E-state index in [1.54, 1.807) is 0 Å². The van der Waals surface area contributed by atoms with Crippen LogP contribution in [0.25, 0.3) is 54.9 Å². The Balaban J connectivity index is 0.000000293. The van der Waals surface area contributed by atoms with Gasteiger partial charge in [0.1, 0.15) is 0 Å². The summed E-state index contributed by atoms with van der Waals surface area (Å²) in [6, 6.07) is 41.8. The minimum absolute atomic E-state index is 0.0831. The number of rotatable bonds is 4. The van der Waals surface area contributed by atoms with Crippen molar-refractivity contribution in [1.82, 2.24) is 0 Å².